The smallest absolute Gasteiger partial charge is 0.327 e. The number of urea groups is 1. The van der Waals surface area contributed by atoms with Gasteiger partial charge in [-0.1, -0.05) is 37.3 Å². The highest BCUT2D eigenvalue weighted by Gasteiger charge is 2.34. The molecule has 1 saturated heterocycles. The number of hydrogen-bond donors (Lipinski definition) is 0. The molecule has 0 aromatic heterocycles. The molecule has 2 aromatic rings. The third-order valence-corrected chi connectivity index (χ3v) is 5.58. The molecule has 0 saturated carbocycles. The minimum atomic E-state index is -0.221. The van der Waals surface area contributed by atoms with Crippen molar-refractivity contribution in [1.82, 2.24) is 14.7 Å². The van der Waals surface area contributed by atoms with Crippen LogP contribution < -0.4 is 0 Å². The van der Waals surface area contributed by atoms with Crippen molar-refractivity contribution in [3.63, 3.8) is 0 Å². The van der Waals surface area contributed by atoms with Gasteiger partial charge < -0.3 is 9.80 Å². The van der Waals surface area contributed by atoms with Crippen molar-refractivity contribution in [2.75, 3.05) is 19.6 Å². The average Bonchev–Trinajstić information content (AvgIpc) is 3.18. The van der Waals surface area contributed by atoms with E-state index in [0.717, 1.165) is 40.8 Å². The van der Waals surface area contributed by atoms with Gasteiger partial charge in [0.2, 0.25) is 5.91 Å². The molecular formula is C23H25N3O3. The first-order valence-electron chi connectivity index (χ1n) is 10.1. The fourth-order valence-corrected chi connectivity index (χ4v) is 4.06. The molecule has 0 unspecified atom stereocenters. The van der Waals surface area contributed by atoms with Crippen LogP contribution in [0.25, 0.3) is 11.1 Å². The third-order valence-electron chi connectivity index (χ3n) is 5.58. The van der Waals surface area contributed by atoms with Gasteiger partial charge in [-0.25, -0.2) is 4.79 Å². The zero-order valence-electron chi connectivity index (χ0n) is 16.9. The molecule has 4 rings (SSSR count). The Labute approximate surface area is 170 Å². The Balaban J connectivity index is 1.48. The van der Waals surface area contributed by atoms with Gasteiger partial charge in [-0.2, -0.15) is 0 Å². The van der Waals surface area contributed by atoms with Gasteiger partial charge >= 0.3 is 6.03 Å². The van der Waals surface area contributed by atoms with Gasteiger partial charge in [-0.3, -0.25) is 14.5 Å². The van der Waals surface area contributed by atoms with Crippen molar-refractivity contribution in [3.8, 4) is 11.1 Å². The number of benzene rings is 2. The summed E-state index contributed by atoms with van der Waals surface area (Å²) in [6, 6.07) is 13.8. The molecule has 2 aliphatic rings. The van der Waals surface area contributed by atoms with Crippen LogP contribution in [0, 0.1) is 0 Å². The number of carbonyl (C=O) groups excluding carboxylic acids is 3. The monoisotopic (exact) mass is 391 g/mol. The van der Waals surface area contributed by atoms with Crippen LogP contribution in [0.4, 0.5) is 4.79 Å². The second-order valence-corrected chi connectivity index (χ2v) is 7.57. The van der Waals surface area contributed by atoms with Crippen LogP contribution in [0.3, 0.4) is 0 Å². The number of rotatable bonds is 6. The zero-order valence-corrected chi connectivity index (χ0v) is 16.9. The van der Waals surface area contributed by atoms with E-state index in [0.29, 0.717) is 19.6 Å². The molecule has 0 radical (unpaired) electrons. The van der Waals surface area contributed by atoms with Crippen LogP contribution in [0.15, 0.2) is 42.5 Å². The fraction of sp³-hybridized carbons (Fsp3) is 0.348. The number of carbonyl (C=O) groups is 3. The van der Waals surface area contributed by atoms with E-state index in [1.165, 1.54) is 4.90 Å². The highest BCUT2D eigenvalue weighted by molar-refractivity contribution is 6.02. The van der Waals surface area contributed by atoms with E-state index in [-0.39, 0.29) is 24.4 Å². The fourth-order valence-electron chi connectivity index (χ4n) is 4.06. The lowest BCUT2D eigenvalue weighted by molar-refractivity contribution is -0.125. The highest BCUT2D eigenvalue weighted by Crippen LogP contribution is 2.29. The quantitative estimate of drug-likeness (QED) is 0.708. The molecule has 150 valence electrons. The van der Waals surface area contributed by atoms with Gasteiger partial charge in [0.25, 0.3) is 5.91 Å². The van der Waals surface area contributed by atoms with Crippen LogP contribution in [-0.4, -0.2) is 52.2 Å². The van der Waals surface area contributed by atoms with Crippen molar-refractivity contribution in [1.29, 1.82) is 0 Å². The first-order valence-corrected chi connectivity index (χ1v) is 10.1. The summed E-state index contributed by atoms with van der Waals surface area (Å²) in [5, 5.41) is 0. The Morgan fingerprint density at radius 1 is 0.862 bits per heavy atom. The summed E-state index contributed by atoms with van der Waals surface area (Å²) in [7, 11) is 0. The lowest BCUT2D eigenvalue weighted by Crippen LogP contribution is -2.32. The summed E-state index contributed by atoms with van der Waals surface area (Å²) < 4.78 is 0. The number of amides is 4. The van der Waals surface area contributed by atoms with Crippen LogP contribution in [-0.2, 0) is 17.9 Å². The predicted octanol–water partition coefficient (Wildman–Crippen LogP) is 3.50. The van der Waals surface area contributed by atoms with Gasteiger partial charge in [0.15, 0.2) is 0 Å². The van der Waals surface area contributed by atoms with E-state index in [2.05, 4.69) is 13.0 Å². The maximum Gasteiger partial charge on any atom is 0.327 e. The number of likely N-dealkylation sites (N-methyl/N-ethyl adjacent to an activating group) is 1. The molecule has 2 heterocycles. The zero-order chi connectivity index (χ0) is 20.5. The number of fused-ring (bicyclic) bond motifs is 1. The second-order valence-electron chi connectivity index (χ2n) is 7.57. The van der Waals surface area contributed by atoms with E-state index in [1.807, 2.05) is 41.3 Å². The molecule has 0 spiro atoms. The summed E-state index contributed by atoms with van der Waals surface area (Å²) in [6.07, 6.45) is 0.954. The highest BCUT2D eigenvalue weighted by atomic mass is 16.2. The molecule has 6 nitrogen and oxygen atoms in total. The standard InChI is InChI=1S/C23H25N3O3/c1-3-11-24-14-19-12-18(9-10-20(19)22(24)28)17-7-5-16(6-8-17)13-25-15-21(27)26(4-2)23(25)29/h5-10,12H,3-4,11,13-15H2,1-2H3. The van der Waals surface area contributed by atoms with Crippen molar-refractivity contribution in [2.45, 2.75) is 33.4 Å². The SMILES string of the molecule is CCCN1Cc2cc(-c3ccc(CN4CC(=O)N(CC)C4=O)cc3)ccc2C1=O. The average molecular weight is 391 g/mol. The van der Waals surface area contributed by atoms with E-state index >= 15 is 0 Å². The minimum Gasteiger partial charge on any atom is -0.334 e. The predicted molar refractivity (Wildman–Crippen MR) is 110 cm³/mol. The van der Waals surface area contributed by atoms with Crippen LogP contribution in [0.2, 0.25) is 0 Å². The molecule has 4 amide bonds. The molecule has 0 N–H and O–H groups in total. The molecule has 0 bridgehead atoms. The van der Waals surface area contributed by atoms with Crippen LogP contribution >= 0.6 is 0 Å². The summed E-state index contributed by atoms with van der Waals surface area (Å²) in [6.45, 7) is 6.31. The van der Waals surface area contributed by atoms with Crippen molar-refractivity contribution < 1.29 is 14.4 Å². The molecule has 0 atom stereocenters. The largest absolute Gasteiger partial charge is 0.334 e. The lowest BCUT2D eigenvalue weighted by Gasteiger charge is -2.16. The van der Waals surface area contributed by atoms with Crippen molar-refractivity contribution in [3.05, 3.63) is 59.2 Å². The summed E-state index contributed by atoms with van der Waals surface area (Å²) in [5.74, 6) is -0.0198. The van der Waals surface area contributed by atoms with Gasteiger partial charge in [0, 0.05) is 31.7 Å². The molecule has 2 aromatic carbocycles. The Morgan fingerprint density at radius 2 is 1.59 bits per heavy atom. The van der Waals surface area contributed by atoms with Gasteiger partial charge in [0.05, 0.1) is 0 Å². The maximum atomic E-state index is 12.4. The van der Waals surface area contributed by atoms with Crippen LogP contribution in [0.5, 0.6) is 0 Å². The van der Waals surface area contributed by atoms with Gasteiger partial charge in [-0.05, 0) is 47.7 Å². The van der Waals surface area contributed by atoms with Crippen molar-refractivity contribution in [2.24, 2.45) is 0 Å². The molecule has 6 heteroatoms. The third kappa shape index (κ3) is 3.50. The molecule has 1 fully saturated rings. The van der Waals surface area contributed by atoms with Crippen LogP contribution in [0.1, 0.15) is 41.8 Å². The first kappa shape index (κ1) is 19.2. The molecule has 2 aliphatic heterocycles. The van der Waals surface area contributed by atoms with E-state index < -0.39 is 0 Å². The number of imide groups is 1. The minimum absolute atomic E-state index is 0.120. The first-order chi connectivity index (χ1) is 14.0. The van der Waals surface area contributed by atoms with Crippen molar-refractivity contribution >= 4 is 17.8 Å². The molecular weight excluding hydrogens is 366 g/mol. The second kappa shape index (κ2) is 7.70. The topological polar surface area (TPSA) is 60.9 Å². The Bertz CT molecular complexity index is 968. The number of nitrogens with zero attached hydrogens (tertiary/aromatic N) is 3. The maximum absolute atomic E-state index is 12.4. The summed E-state index contributed by atoms with van der Waals surface area (Å²) in [5.41, 5.74) is 5.00. The van der Waals surface area contributed by atoms with Gasteiger partial charge in [0.1, 0.15) is 6.54 Å². The number of hydrogen-bond acceptors (Lipinski definition) is 3. The lowest BCUT2D eigenvalue weighted by atomic mass is 9.99. The van der Waals surface area contributed by atoms with Gasteiger partial charge in [-0.15, -0.1) is 0 Å². The summed E-state index contributed by atoms with van der Waals surface area (Å²) in [4.78, 5) is 41.3. The molecule has 29 heavy (non-hydrogen) atoms. The Kier molecular flexibility index (Phi) is 5.09. The van der Waals surface area contributed by atoms with E-state index in [1.54, 1.807) is 11.8 Å². The van der Waals surface area contributed by atoms with E-state index in [4.69, 9.17) is 0 Å². The summed E-state index contributed by atoms with van der Waals surface area (Å²) >= 11 is 0. The normalized spacial score (nSPS) is 16.2. The Morgan fingerprint density at radius 3 is 2.24 bits per heavy atom. The Hall–Kier alpha value is -3.15. The molecule has 0 aliphatic carbocycles. The van der Waals surface area contributed by atoms with E-state index in [9.17, 15) is 14.4 Å².